The second kappa shape index (κ2) is 9.02. The van der Waals surface area contributed by atoms with Crippen LogP contribution in [0.15, 0.2) is 63.2 Å². The highest BCUT2D eigenvalue weighted by atomic mass is 35.5. The van der Waals surface area contributed by atoms with Gasteiger partial charge in [-0.2, -0.15) is 9.40 Å². The van der Waals surface area contributed by atoms with Gasteiger partial charge < -0.3 is 0 Å². The van der Waals surface area contributed by atoms with Crippen LogP contribution in [-0.4, -0.2) is 41.0 Å². The summed E-state index contributed by atoms with van der Waals surface area (Å²) in [5.74, 6) is -0.318. The molecule has 1 aliphatic rings. The highest BCUT2D eigenvalue weighted by Gasteiger charge is 2.41. The third-order valence-corrected chi connectivity index (χ3v) is 9.06. The number of carbonyl (C=O) groups is 1. The number of nitrogens with zero attached hydrogens (tertiary/aromatic N) is 3. The first-order valence-electron chi connectivity index (χ1n) is 10.3. The Morgan fingerprint density at radius 2 is 1.72 bits per heavy atom. The van der Waals surface area contributed by atoms with E-state index >= 15 is 0 Å². The molecule has 6 nitrogen and oxygen atoms in total. The van der Waals surface area contributed by atoms with Gasteiger partial charge in [0.1, 0.15) is 6.04 Å². The SMILES string of the molecule is Cc1ccc(S(=O)(=O)N2CCC[C@@H]2C(=O)n2nc(C)c(Sc3ccc(Cl)cc3)c2C)cc1. The van der Waals surface area contributed by atoms with Crippen molar-refractivity contribution in [3.63, 3.8) is 0 Å². The van der Waals surface area contributed by atoms with Gasteiger partial charge >= 0.3 is 0 Å². The lowest BCUT2D eigenvalue weighted by Gasteiger charge is -2.23. The summed E-state index contributed by atoms with van der Waals surface area (Å²) < 4.78 is 29.2. The predicted octanol–water partition coefficient (Wildman–Crippen LogP) is 5.11. The molecule has 0 unspecified atom stereocenters. The molecule has 0 amide bonds. The fraction of sp³-hybridized carbons (Fsp3) is 0.304. The largest absolute Gasteiger partial charge is 0.271 e. The van der Waals surface area contributed by atoms with E-state index in [1.807, 2.05) is 45.0 Å². The van der Waals surface area contributed by atoms with Gasteiger partial charge in [0.15, 0.2) is 0 Å². The van der Waals surface area contributed by atoms with Gasteiger partial charge in [-0.05, 0) is 70.0 Å². The quantitative estimate of drug-likeness (QED) is 0.498. The van der Waals surface area contributed by atoms with Crippen LogP contribution in [0.3, 0.4) is 0 Å². The van der Waals surface area contributed by atoms with E-state index < -0.39 is 16.1 Å². The lowest BCUT2D eigenvalue weighted by molar-refractivity contribution is 0.0813. The first kappa shape index (κ1) is 23.0. The van der Waals surface area contributed by atoms with Gasteiger partial charge in [0.05, 0.1) is 21.2 Å². The molecule has 0 aliphatic carbocycles. The zero-order valence-corrected chi connectivity index (χ0v) is 20.5. The molecular formula is C23H24ClN3O3S2. The molecule has 2 heterocycles. The van der Waals surface area contributed by atoms with E-state index in [9.17, 15) is 13.2 Å². The first-order valence-corrected chi connectivity index (χ1v) is 12.9. The number of benzene rings is 2. The minimum absolute atomic E-state index is 0.204. The molecule has 1 atom stereocenters. The summed E-state index contributed by atoms with van der Waals surface area (Å²) in [6, 6.07) is 13.4. The van der Waals surface area contributed by atoms with Crippen molar-refractivity contribution >= 4 is 39.3 Å². The number of sulfonamides is 1. The maximum Gasteiger partial charge on any atom is 0.265 e. The van der Waals surface area contributed by atoms with Gasteiger partial charge in [-0.25, -0.2) is 13.1 Å². The number of aromatic nitrogens is 2. The molecule has 3 aromatic rings. The summed E-state index contributed by atoms with van der Waals surface area (Å²) in [5.41, 5.74) is 2.40. The molecule has 1 aliphatic heterocycles. The Hall–Kier alpha value is -2.13. The zero-order valence-electron chi connectivity index (χ0n) is 18.1. The highest BCUT2D eigenvalue weighted by molar-refractivity contribution is 7.99. The maximum absolute atomic E-state index is 13.4. The molecule has 4 rings (SSSR count). The van der Waals surface area contributed by atoms with E-state index in [1.54, 1.807) is 24.3 Å². The Morgan fingerprint density at radius 1 is 1.06 bits per heavy atom. The van der Waals surface area contributed by atoms with Gasteiger partial charge in [0.25, 0.3) is 5.91 Å². The molecule has 0 radical (unpaired) electrons. The number of aryl methyl sites for hydroxylation is 2. The molecule has 1 saturated heterocycles. The normalized spacial score (nSPS) is 17.1. The second-order valence-electron chi connectivity index (χ2n) is 7.89. The summed E-state index contributed by atoms with van der Waals surface area (Å²) >= 11 is 7.48. The highest BCUT2D eigenvalue weighted by Crippen LogP contribution is 2.34. The molecule has 9 heteroatoms. The third kappa shape index (κ3) is 4.37. The van der Waals surface area contributed by atoms with Crippen LogP contribution in [0.4, 0.5) is 0 Å². The van der Waals surface area contributed by atoms with Crippen LogP contribution in [0.2, 0.25) is 5.02 Å². The van der Waals surface area contributed by atoms with Gasteiger partial charge in [0, 0.05) is 16.5 Å². The smallest absolute Gasteiger partial charge is 0.265 e. The van der Waals surface area contributed by atoms with E-state index in [1.165, 1.54) is 20.7 Å². The van der Waals surface area contributed by atoms with Crippen molar-refractivity contribution in [1.82, 2.24) is 14.1 Å². The minimum Gasteiger partial charge on any atom is -0.271 e. The Kier molecular flexibility index (Phi) is 6.49. The van der Waals surface area contributed by atoms with Gasteiger partial charge in [-0.15, -0.1) is 0 Å². The van der Waals surface area contributed by atoms with E-state index in [2.05, 4.69) is 5.10 Å². The minimum atomic E-state index is -3.77. The monoisotopic (exact) mass is 489 g/mol. The average molecular weight is 490 g/mol. The van der Waals surface area contributed by atoms with Gasteiger partial charge in [0.2, 0.25) is 10.0 Å². The van der Waals surface area contributed by atoms with E-state index in [4.69, 9.17) is 11.6 Å². The number of hydrogen-bond acceptors (Lipinski definition) is 5. The van der Waals surface area contributed by atoms with Crippen LogP contribution >= 0.6 is 23.4 Å². The van der Waals surface area contributed by atoms with Crippen molar-refractivity contribution < 1.29 is 13.2 Å². The molecule has 1 fully saturated rings. The molecule has 1 aromatic heterocycles. The Bertz CT molecular complexity index is 1250. The average Bonchev–Trinajstić information content (AvgIpc) is 3.36. The van der Waals surface area contributed by atoms with Crippen molar-refractivity contribution in [2.24, 2.45) is 0 Å². The molecule has 0 spiro atoms. The van der Waals surface area contributed by atoms with Gasteiger partial charge in [-0.3, -0.25) is 4.79 Å². The topological polar surface area (TPSA) is 72.3 Å². The molecule has 0 saturated carbocycles. The summed E-state index contributed by atoms with van der Waals surface area (Å²) in [6.45, 7) is 5.91. The van der Waals surface area contributed by atoms with E-state index in [0.29, 0.717) is 30.1 Å². The van der Waals surface area contributed by atoms with Crippen molar-refractivity contribution in [3.05, 3.63) is 70.5 Å². The lowest BCUT2D eigenvalue weighted by atomic mass is 10.2. The molecule has 0 N–H and O–H groups in total. The van der Waals surface area contributed by atoms with Crippen LogP contribution in [0.1, 0.15) is 34.6 Å². The Morgan fingerprint density at radius 3 is 2.38 bits per heavy atom. The number of halogens is 1. The number of rotatable bonds is 5. The summed E-state index contributed by atoms with van der Waals surface area (Å²) in [6.07, 6.45) is 1.11. The third-order valence-electron chi connectivity index (χ3n) is 5.58. The summed E-state index contributed by atoms with van der Waals surface area (Å²) in [4.78, 5) is 15.5. The van der Waals surface area contributed by atoms with Crippen molar-refractivity contribution in [3.8, 4) is 0 Å². The fourth-order valence-corrected chi connectivity index (χ4v) is 6.58. The number of carbonyl (C=O) groups excluding carboxylic acids is 1. The molecular weight excluding hydrogens is 466 g/mol. The molecule has 0 bridgehead atoms. The van der Waals surface area contributed by atoms with Crippen LogP contribution in [0.5, 0.6) is 0 Å². The van der Waals surface area contributed by atoms with Crippen molar-refractivity contribution in [2.75, 3.05) is 6.54 Å². The standard InChI is InChI=1S/C23H24ClN3O3S2/c1-15-6-12-20(13-7-15)32(29,30)26-14-4-5-21(26)23(28)27-17(3)22(16(2)25-27)31-19-10-8-18(24)9-11-19/h6-13,21H,4-5,14H2,1-3H3/t21-/m1/s1. The fourth-order valence-electron chi connectivity index (χ4n) is 3.87. The maximum atomic E-state index is 13.4. The van der Waals surface area contributed by atoms with Crippen LogP contribution < -0.4 is 0 Å². The molecule has 168 valence electrons. The van der Waals surface area contributed by atoms with Gasteiger partial charge in [-0.1, -0.05) is 41.1 Å². The summed E-state index contributed by atoms with van der Waals surface area (Å²) in [7, 11) is -3.77. The summed E-state index contributed by atoms with van der Waals surface area (Å²) in [5, 5.41) is 5.13. The molecule has 32 heavy (non-hydrogen) atoms. The van der Waals surface area contributed by atoms with Crippen LogP contribution in [0.25, 0.3) is 0 Å². The predicted molar refractivity (Wildman–Crippen MR) is 126 cm³/mol. The van der Waals surface area contributed by atoms with E-state index in [-0.39, 0.29) is 10.8 Å². The van der Waals surface area contributed by atoms with Crippen LogP contribution in [0, 0.1) is 20.8 Å². The first-order chi connectivity index (χ1) is 15.2. The number of hydrogen-bond donors (Lipinski definition) is 0. The second-order valence-corrected chi connectivity index (χ2v) is 11.3. The van der Waals surface area contributed by atoms with Crippen molar-refractivity contribution in [1.29, 1.82) is 0 Å². The Balaban J connectivity index is 1.62. The molecule has 2 aromatic carbocycles. The van der Waals surface area contributed by atoms with Crippen LogP contribution in [-0.2, 0) is 10.0 Å². The Labute approximate surface area is 197 Å². The zero-order chi connectivity index (χ0) is 23.0. The lowest BCUT2D eigenvalue weighted by Crippen LogP contribution is -2.43. The van der Waals surface area contributed by atoms with Crippen molar-refractivity contribution in [2.45, 2.75) is 54.3 Å². The van der Waals surface area contributed by atoms with E-state index in [0.717, 1.165) is 21.0 Å².